The van der Waals surface area contributed by atoms with Gasteiger partial charge in [0.1, 0.15) is 11.6 Å². The Bertz CT molecular complexity index is 390. The number of phenols is 1. The number of halogens is 2. The van der Waals surface area contributed by atoms with Crippen molar-refractivity contribution in [3.05, 3.63) is 28.5 Å². The van der Waals surface area contributed by atoms with Crippen molar-refractivity contribution < 1.29 is 9.50 Å². The van der Waals surface area contributed by atoms with Crippen molar-refractivity contribution >= 4 is 11.6 Å². The molecule has 82 valence electrons. The molecule has 1 aliphatic rings. The minimum atomic E-state index is -0.527. The van der Waals surface area contributed by atoms with Crippen LogP contribution in [0.2, 0.25) is 5.02 Å². The lowest BCUT2D eigenvalue weighted by molar-refractivity contribution is 0.453. The Balaban J connectivity index is 2.16. The summed E-state index contributed by atoms with van der Waals surface area (Å²) in [6.07, 6.45) is 3.10. The summed E-state index contributed by atoms with van der Waals surface area (Å²) in [6.45, 7) is 0. The molecule has 0 atom stereocenters. The van der Waals surface area contributed by atoms with E-state index in [9.17, 15) is 9.50 Å². The van der Waals surface area contributed by atoms with Crippen LogP contribution in [0.1, 0.15) is 24.8 Å². The number of aromatic hydroxyl groups is 1. The van der Waals surface area contributed by atoms with Crippen LogP contribution in [0.3, 0.4) is 0 Å². The normalized spacial score (nSPS) is 17.8. The van der Waals surface area contributed by atoms with Gasteiger partial charge in [-0.2, -0.15) is 0 Å². The summed E-state index contributed by atoms with van der Waals surface area (Å²) in [4.78, 5) is 0. The zero-order valence-electron chi connectivity index (χ0n) is 8.26. The fraction of sp³-hybridized carbons (Fsp3) is 0.455. The highest BCUT2D eigenvalue weighted by molar-refractivity contribution is 6.30. The lowest BCUT2D eigenvalue weighted by Crippen LogP contribution is -2.22. The molecule has 0 spiro atoms. The smallest absolute Gasteiger partial charge is 0.148 e. The molecule has 1 saturated carbocycles. The molecule has 0 saturated heterocycles. The highest BCUT2D eigenvalue weighted by Crippen LogP contribution is 2.38. The predicted octanol–water partition coefficient (Wildman–Crippen LogP) is 2.61. The number of benzene rings is 1. The highest BCUT2D eigenvalue weighted by atomic mass is 35.5. The van der Waals surface area contributed by atoms with Crippen LogP contribution in [0, 0.1) is 5.82 Å². The van der Waals surface area contributed by atoms with Crippen LogP contribution < -0.4 is 5.73 Å². The van der Waals surface area contributed by atoms with E-state index in [1.165, 1.54) is 12.1 Å². The van der Waals surface area contributed by atoms with E-state index in [0.29, 0.717) is 12.8 Å². The van der Waals surface area contributed by atoms with E-state index in [2.05, 4.69) is 0 Å². The Morgan fingerprint density at radius 1 is 1.47 bits per heavy atom. The number of hydrogen-bond acceptors (Lipinski definition) is 2. The fourth-order valence-corrected chi connectivity index (χ4v) is 1.78. The molecule has 0 heterocycles. The topological polar surface area (TPSA) is 46.2 Å². The maximum Gasteiger partial charge on any atom is 0.148 e. The molecular formula is C11H13ClFNO. The minimum absolute atomic E-state index is 0.0406. The van der Waals surface area contributed by atoms with Gasteiger partial charge in [-0.1, -0.05) is 11.6 Å². The molecule has 4 heteroatoms. The first-order chi connectivity index (χ1) is 7.02. The van der Waals surface area contributed by atoms with E-state index in [-0.39, 0.29) is 21.9 Å². The molecule has 15 heavy (non-hydrogen) atoms. The summed E-state index contributed by atoms with van der Waals surface area (Å²) in [6, 6.07) is 2.77. The van der Waals surface area contributed by atoms with Gasteiger partial charge in [0, 0.05) is 11.1 Å². The van der Waals surface area contributed by atoms with Crippen molar-refractivity contribution in [2.45, 2.75) is 31.2 Å². The number of rotatable bonds is 3. The van der Waals surface area contributed by atoms with Gasteiger partial charge in [0.25, 0.3) is 0 Å². The van der Waals surface area contributed by atoms with Gasteiger partial charge in [-0.25, -0.2) is 4.39 Å². The standard InChI is InChI=1S/C11H13ClFNO/c12-8-1-2-9(15)7(10(8)13)3-4-11(14)5-6-11/h1-2,15H,3-6,14H2. The molecule has 0 bridgehead atoms. The largest absolute Gasteiger partial charge is 0.508 e. The van der Waals surface area contributed by atoms with E-state index in [0.717, 1.165) is 12.8 Å². The van der Waals surface area contributed by atoms with Gasteiger partial charge in [-0.3, -0.25) is 0 Å². The maximum atomic E-state index is 13.5. The molecule has 2 nitrogen and oxygen atoms in total. The van der Waals surface area contributed by atoms with Gasteiger partial charge >= 0.3 is 0 Å². The molecule has 1 aliphatic carbocycles. The van der Waals surface area contributed by atoms with Gasteiger partial charge in [-0.05, 0) is 37.8 Å². The quantitative estimate of drug-likeness (QED) is 0.837. The molecule has 0 unspecified atom stereocenters. The molecule has 1 fully saturated rings. The van der Waals surface area contributed by atoms with Crippen LogP contribution in [0.4, 0.5) is 4.39 Å². The lowest BCUT2D eigenvalue weighted by atomic mass is 10.0. The van der Waals surface area contributed by atoms with Gasteiger partial charge in [0.05, 0.1) is 5.02 Å². The molecule has 0 aromatic heterocycles. The monoisotopic (exact) mass is 229 g/mol. The van der Waals surface area contributed by atoms with Crippen LogP contribution in [0.15, 0.2) is 12.1 Å². The van der Waals surface area contributed by atoms with Gasteiger partial charge < -0.3 is 10.8 Å². The van der Waals surface area contributed by atoms with Gasteiger partial charge in [-0.15, -0.1) is 0 Å². The van der Waals surface area contributed by atoms with Crippen molar-refractivity contribution in [3.63, 3.8) is 0 Å². The van der Waals surface area contributed by atoms with Crippen molar-refractivity contribution in [2.75, 3.05) is 0 Å². The fourth-order valence-electron chi connectivity index (χ4n) is 1.60. The number of nitrogens with two attached hydrogens (primary N) is 1. The third kappa shape index (κ3) is 2.24. The summed E-state index contributed by atoms with van der Waals surface area (Å²) in [5.41, 5.74) is 6.03. The summed E-state index contributed by atoms with van der Waals surface area (Å²) in [5.74, 6) is -0.568. The first kappa shape index (κ1) is 10.7. The second-order valence-corrected chi connectivity index (χ2v) is 4.63. The minimum Gasteiger partial charge on any atom is -0.508 e. The molecule has 0 radical (unpaired) electrons. The Morgan fingerprint density at radius 2 is 2.13 bits per heavy atom. The van der Waals surface area contributed by atoms with Crippen LogP contribution in [0.25, 0.3) is 0 Å². The third-order valence-corrected chi connectivity index (χ3v) is 3.23. The van der Waals surface area contributed by atoms with E-state index >= 15 is 0 Å². The predicted molar refractivity (Wildman–Crippen MR) is 57.5 cm³/mol. The second-order valence-electron chi connectivity index (χ2n) is 4.22. The molecule has 0 amide bonds. The average molecular weight is 230 g/mol. The van der Waals surface area contributed by atoms with Crippen LogP contribution in [0.5, 0.6) is 5.75 Å². The zero-order chi connectivity index (χ0) is 11.1. The van der Waals surface area contributed by atoms with Crippen LogP contribution in [-0.2, 0) is 6.42 Å². The van der Waals surface area contributed by atoms with Crippen LogP contribution >= 0.6 is 11.6 Å². The Labute approximate surface area is 92.9 Å². The van der Waals surface area contributed by atoms with Crippen molar-refractivity contribution in [1.29, 1.82) is 0 Å². The lowest BCUT2D eigenvalue weighted by Gasteiger charge is -2.10. The molecule has 0 aliphatic heterocycles. The average Bonchev–Trinajstić information content (AvgIpc) is 2.91. The molecule has 1 aromatic rings. The van der Waals surface area contributed by atoms with Crippen LogP contribution in [-0.4, -0.2) is 10.6 Å². The molecule has 3 N–H and O–H groups in total. The van der Waals surface area contributed by atoms with E-state index < -0.39 is 5.82 Å². The Hall–Kier alpha value is -0.800. The summed E-state index contributed by atoms with van der Waals surface area (Å²) in [5, 5.41) is 9.54. The summed E-state index contributed by atoms with van der Waals surface area (Å²) in [7, 11) is 0. The molecule has 2 rings (SSSR count). The SMILES string of the molecule is NC1(CCc2c(O)ccc(Cl)c2F)CC1. The first-order valence-corrected chi connectivity index (χ1v) is 5.34. The Morgan fingerprint density at radius 3 is 2.73 bits per heavy atom. The van der Waals surface area contributed by atoms with Crippen molar-refractivity contribution in [2.24, 2.45) is 5.73 Å². The number of hydrogen-bond donors (Lipinski definition) is 2. The van der Waals surface area contributed by atoms with Gasteiger partial charge in [0.15, 0.2) is 0 Å². The van der Waals surface area contributed by atoms with Crippen molar-refractivity contribution in [3.8, 4) is 5.75 Å². The van der Waals surface area contributed by atoms with Crippen molar-refractivity contribution in [1.82, 2.24) is 0 Å². The summed E-state index contributed by atoms with van der Waals surface area (Å²) < 4.78 is 13.5. The van der Waals surface area contributed by atoms with E-state index in [1.807, 2.05) is 0 Å². The number of phenolic OH excluding ortho intramolecular Hbond substituents is 1. The molecule has 1 aromatic carbocycles. The summed E-state index contributed by atoms with van der Waals surface area (Å²) >= 11 is 5.63. The molecular weight excluding hydrogens is 217 g/mol. The van der Waals surface area contributed by atoms with E-state index in [4.69, 9.17) is 17.3 Å². The highest BCUT2D eigenvalue weighted by Gasteiger charge is 2.37. The third-order valence-electron chi connectivity index (χ3n) is 2.94. The zero-order valence-corrected chi connectivity index (χ0v) is 9.02. The first-order valence-electron chi connectivity index (χ1n) is 4.97. The van der Waals surface area contributed by atoms with E-state index in [1.54, 1.807) is 0 Å². The van der Waals surface area contributed by atoms with Gasteiger partial charge in [0.2, 0.25) is 0 Å². The Kier molecular flexibility index (Phi) is 2.61. The second kappa shape index (κ2) is 3.65. The maximum absolute atomic E-state index is 13.5.